The first-order valence-corrected chi connectivity index (χ1v) is 12.7. The molecule has 4 rings (SSSR count). The molecule has 180 valence electrons. The van der Waals surface area contributed by atoms with Crippen molar-refractivity contribution in [1.29, 1.82) is 0 Å². The molecule has 1 fully saturated rings. The summed E-state index contributed by atoms with van der Waals surface area (Å²) in [6.45, 7) is 7.97. The Morgan fingerprint density at radius 1 is 1.03 bits per heavy atom. The van der Waals surface area contributed by atoms with Crippen molar-refractivity contribution in [2.75, 3.05) is 10.8 Å². The Balaban J connectivity index is 1.71. The van der Waals surface area contributed by atoms with E-state index in [2.05, 4.69) is 0 Å². The third-order valence-electron chi connectivity index (χ3n) is 6.20. The van der Waals surface area contributed by atoms with Crippen LogP contribution in [0.5, 0.6) is 5.75 Å². The maximum atomic E-state index is 13.6. The van der Waals surface area contributed by atoms with Crippen molar-refractivity contribution >= 4 is 21.7 Å². The zero-order valence-electron chi connectivity index (χ0n) is 19.8. The third kappa shape index (κ3) is 4.97. The Kier molecular flexibility index (Phi) is 6.45. The molecular weight excluding hydrogens is 454 g/mol. The number of rotatable bonds is 9. The molecule has 0 bridgehead atoms. The average Bonchev–Trinajstić information content (AvgIpc) is 3.50. The molecule has 0 aliphatic heterocycles. The summed E-state index contributed by atoms with van der Waals surface area (Å²) in [5, 5.41) is 9.12. The molecule has 1 aliphatic rings. The molecule has 2 aromatic carbocycles. The number of hydrogen-bond acceptors (Lipinski definition) is 5. The molecule has 8 heteroatoms. The van der Waals surface area contributed by atoms with Gasteiger partial charge in [0.05, 0.1) is 11.3 Å². The summed E-state index contributed by atoms with van der Waals surface area (Å²) in [6.07, 6.45) is 1.97. The summed E-state index contributed by atoms with van der Waals surface area (Å²) in [4.78, 5) is 11.2. The Morgan fingerprint density at radius 3 is 2.32 bits per heavy atom. The number of carboxylic acid groups (broad SMARTS) is 1. The fraction of sp³-hybridized carbons (Fsp3) is 0.346. The fourth-order valence-electron chi connectivity index (χ4n) is 3.75. The molecule has 3 aromatic rings. The number of furan rings is 1. The quantitative estimate of drug-likeness (QED) is 0.438. The lowest BCUT2D eigenvalue weighted by Crippen LogP contribution is -2.33. The van der Waals surface area contributed by atoms with Crippen LogP contribution in [0.4, 0.5) is 5.69 Å². The number of carboxylic acids is 1. The van der Waals surface area contributed by atoms with Crippen LogP contribution in [0.2, 0.25) is 0 Å². The smallest absolute Gasteiger partial charge is 0.335 e. The van der Waals surface area contributed by atoms with E-state index >= 15 is 0 Å². The molecule has 1 aromatic heterocycles. The van der Waals surface area contributed by atoms with E-state index in [1.807, 2.05) is 32.9 Å². The number of aromatic carboxylic acids is 1. The van der Waals surface area contributed by atoms with Crippen LogP contribution in [0.25, 0.3) is 0 Å². The molecule has 0 unspecified atom stereocenters. The molecule has 1 heterocycles. The molecule has 1 saturated carbocycles. The van der Waals surface area contributed by atoms with Crippen molar-refractivity contribution in [3.8, 4) is 5.75 Å². The maximum Gasteiger partial charge on any atom is 0.335 e. The average molecular weight is 484 g/mol. The predicted molar refractivity (Wildman–Crippen MR) is 129 cm³/mol. The number of benzene rings is 2. The second-order valence-corrected chi connectivity index (χ2v) is 10.8. The van der Waals surface area contributed by atoms with E-state index in [1.54, 1.807) is 31.2 Å². The van der Waals surface area contributed by atoms with Gasteiger partial charge in [-0.25, -0.2) is 4.79 Å². The van der Waals surface area contributed by atoms with Gasteiger partial charge in [0.1, 0.15) is 18.1 Å². The normalized spacial score (nSPS) is 13.6. The zero-order valence-corrected chi connectivity index (χ0v) is 20.6. The fourth-order valence-corrected chi connectivity index (χ4v) is 5.25. The van der Waals surface area contributed by atoms with Gasteiger partial charge in [-0.1, -0.05) is 6.07 Å². The Bertz CT molecular complexity index is 1340. The van der Waals surface area contributed by atoms with Gasteiger partial charge in [0.25, 0.3) is 10.0 Å². The minimum Gasteiger partial charge on any atom is -0.487 e. The summed E-state index contributed by atoms with van der Waals surface area (Å²) in [6, 6.07) is 11.7. The monoisotopic (exact) mass is 483 g/mol. The number of hydrogen-bond donors (Lipinski definition) is 1. The highest BCUT2D eigenvalue weighted by atomic mass is 32.2. The van der Waals surface area contributed by atoms with Gasteiger partial charge in [-0.3, -0.25) is 4.31 Å². The summed E-state index contributed by atoms with van der Waals surface area (Å²) in [5.41, 5.74) is 4.24. The molecule has 1 aliphatic carbocycles. The first kappa shape index (κ1) is 23.9. The van der Waals surface area contributed by atoms with Crippen LogP contribution in [0.1, 0.15) is 51.2 Å². The first-order chi connectivity index (χ1) is 16.1. The summed E-state index contributed by atoms with van der Waals surface area (Å²) >= 11 is 0. The second kappa shape index (κ2) is 9.18. The van der Waals surface area contributed by atoms with Crippen LogP contribution < -0.4 is 9.04 Å². The van der Waals surface area contributed by atoms with Crippen LogP contribution in [-0.4, -0.2) is 26.0 Å². The molecule has 34 heavy (non-hydrogen) atoms. The Morgan fingerprint density at radius 2 is 1.74 bits per heavy atom. The second-order valence-electron chi connectivity index (χ2n) is 8.98. The molecule has 0 amide bonds. The van der Waals surface area contributed by atoms with Crippen LogP contribution in [-0.2, 0) is 16.6 Å². The van der Waals surface area contributed by atoms with Crippen molar-refractivity contribution in [3.63, 3.8) is 0 Å². The van der Waals surface area contributed by atoms with Gasteiger partial charge in [0.2, 0.25) is 5.09 Å². The lowest BCUT2D eigenvalue weighted by Gasteiger charge is -2.26. The van der Waals surface area contributed by atoms with Crippen molar-refractivity contribution in [2.24, 2.45) is 5.92 Å². The van der Waals surface area contributed by atoms with E-state index in [9.17, 15) is 18.3 Å². The molecular formula is C26H29NO6S. The molecule has 0 radical (unpaired) electrons. The number of aryl methyl sites for hydroxylation is 4. The zero-order chi connectivity index (χ0) is 24.6. The number of carbonyl (C=O) groups is 1. The third-order valence-corrected chi connectivity index (χ3v) is 7.85. The van der Waals surface area contributed by atoms with E-state index in [4.69, 9.17) is 9.15 Å². The maximum absolute atomic E-state index is 13.6. The van der Waals surface area contributed by atoms with E-state index in [-0.39, 0.29) is 17.3 Å². The van der Waals surface area contributed by atoms with Crippen LogP contribution in [0, 0.1) is 33.6 Å². The van der Waals surface area contributed by atoms with Crippen LogP contribution in [0.3, 0.4) is 0 Å². The van der Waals surface area contributed by atoms with E-state index in [0.717, 1.165) is 35.1 Å². The van der Waals surface area contributed by atoms with Gasteiger partial charge in [-0.05, 0) is 105 Å². The van der Waals surface area contributed by atoms with Gasteiger partial charge < -0.3 is 14.3 Å². The number of ether oxygens (including phenoxy) is 1. The molecule has 0 spiro atoms. The lowest BCUT2D eigenvalue weighted by molar-refractivity contribution is 0.0696. The Hall–Kier alpha value is -3.26. The van der Waals surface area contributed by atoms with Gasteiger partial charge in [-0.2, -0.15) is 8.42 Å². The first-order valence-electron chi connectivity index (χ1n) is 11.2. The van der Waals surface area contributed by atoms with Gasteiger partial charge >= 0.3 is 5.97 Å². The van der Waals surface area contributed by atoms with E-state index < -0.39 is 16.0 Å². The largest absolute Gasteiger partial charge is 0.487 e. The molecule has 0 atom stereocenters. The lowest BCUT2D eigenvalue weighted by atomic mass is 10.1. The minimum atomic E-state index is -3.93. The summed E-state index contributed by atoms with van der Waals surface area (Å²) in [7, 11) is -3.93. The van der Waals surface area contributed by atoms with Crippen molar-refractivity contribution in [2.45, 2.75) is 52.2 Å². The molecule has 0 saturated heterocycles. The summed E-state index contributed by atoms with van der Waals surface area (Å²) in [5.74, 6) is 0.298. The van der Waals surface area contributed by atoms with Crippen LogP contribution in [0.15, 0.2) is 52.0 Å². The SMILES string of the molecule is Cc1ccc(S(=O)(=O)N(CC2CC2)c2cc(C)c(C)cc2OCc2ccc(C(=O)O)cc2C)o1. The topological polar surface area (TPSA) is 97.0 Å². The molecule has 7 nitrogen and oxygen atoms in total. The highest BCUT2D eigenvalue weighted by molar-refractivity contribution is 7.92. The van der Waals surface area contributed by atoms with Crippen LogP contribution >= 0.6 is 0 Å². The number of anilines is 1. The highest BCUT2D eigenvalue weighted by Gasteiger charge is 2.35. The minimum absolute atomic E-state index is 0.0880. The molecule has 1 N–H and O–H groups in total. The van der Waals surface area contributed by atoms with E-state index in [0.29, 0.717) is 29.7 Å². The van der Waals surface area contributed by atoms with Crippen molar-refractivity contribution in [3.05, 3.63) is 76.0 Å². The number of sulfonamides is 1. The van der Waals surface area contributed by atoms with Crippen molar-refractivity contribution < 1.29 is 27.5 Å². The van der Waals surface area contributed by atoms with Gasteiger partial charge in [-0.15, -0.1) is 0 Å². The predicted octanol–water partition coefficient (Wildman–Crippen LogP) is 5.40. The van der Waals surface area contributed by atoms with Gasteiger partial charge in [0.15, 0.2) is 0 Å². The highest BCUT2D eigenvalue weighted by Crippen LogP contribution is 2.40. The standard InChI is InChI=1S/C26H29NO6S/c1-16-12-23(27(14-20-6-7-20)34(30,31)25-10-5-19(4)33-25)24(13-17(16)2)32-15-22-9-8-21(26(28)29)11-18(22)3/h5,8-13,20H,6-7,14-15H2,1-4H3,(H,28,29). The summed E-state index contributed by atoms with van der Waals surface area (Å²) < 4.78 is 40.3. The van der Waals surface area contributed by atoms with E-state index in [1.165, 1.54) is 10.4 Å². The van der Waals surface area contributed by atoms with Crippen molar-refractivity contribution in [1.82, 2.24) is 0 Å². The number of nitrogens with zero attached hydrogens (tertiary/aromatic N) is 1. The Labute approximate surface area is 200 Å². The van der Waals surface area contributed by atoms with Gasteiger partial charge in [0, 0.05) is 6.54 Å².